The third-order valence-corrected chi connectivity index (χ3v) is 7.13. The van der Waals surface area contributed by atoms with Crippen molar-refractivity contribution in [3.63, 3.8) is 0 Å². The second-order valence-corrected chi connectivity index (χ2v) is 9.88. The number of pyridine rings is 1. The van der Waals surface area contributed by atoms with Crippen molar-refractivity contribution >= 4 is 23.1 Å². The summed E-state index contributed by atoms with van der Waals surface area (Å²) in [4.78, 5) is 23.8. The molecule has 0 spiro atoms. The molecule has 1 aromatic carbocycles. The average molecular weight is 559 g/mol. The number of piperazine rings is 1. The molecule has 0 atom stereocenters. The van der Waals surface area contributed by atoms with Crippen molar-refractivity contribution in [3.05, 3.63) is 72.0 Å². The van der Waals surface area contributed by atoms with E-state index in [0.717, 1.165) is 18.1 Å². The highest BCUT2D eigenvalue weighted by atomic mass is 19.4. The van der Waals surface area contributed by atoms with Gasteiger partial charge in [0.25, 0.3) is 5.91 Å². The van der Waals surface area contributed by atoms with Gasteiger partial charge >= 0.3 is 6.18 Å². The minimum atomic E-state index is -4.77. The number of hydrogen-bond donors (Lipinski definition) is 2. The summed E-state index contributed by atoms with van der Waals surface area (Å²) in [6.07, 6.45) is -1.45. The van der Waals surface area contributed by atoms with Crippen LogP contribution in [0, 0.1) is 5.82 Å². The molecule has 0 radical (unpaired) electrons. The number of nitrogens with one attached hydrogen (secondary N) is 2. The Bertz CT molecular complexity index is 1340. The number of rotatable bonds is 5. The summed E-state index contributed by atoms with van der Waals surface area (Å²) in [7, 11) is 1.97. The second kappa shape index (κ2) is 11.3. The summed E-state index contributed by atoms with van der Waals surface area (Å²) >= 11 is 0. The van der Waals surface area contributed by atoms with Gasteiger partial charge in [0.05, 0.1) is 35.7 Å². The zero-order valence-corrected chi connectivity index (χ0v) is 22.0. The van der Waals surface area contributed by atoms with Crippen molar-refractivity contribution in [3.8, 4) is 11.1 Å². The van der Waals surface area contributed by atoms with Crippen LogP contribution in [0.1, 0.15) is 0 Å². The quantitative estimate of drug-likeness (QED) is 0.540. The molecular weight excluding hydrogens is 528 g/mol. The summed E-state index contributed by atoms with van der Waals surface area (Å²) in [5, 5.41) is 5.20. The number of nitrogens with zero attached hydrogens (tertiary/aromatic N) is 4. The zero-order valence-electron chi connectivity index (χ0n) is 22.0. The van der Waals surface area contributed by atoms with E-state index in [1.54, 1.807) is 18.3 Å². The van der Waals surface area contributed by atoms with Gasteiger partial charge in [0, 0.05) is 68.5 Å². The number of ether oxygens (including phenoxy) is 1. The van der Waals surface area contributed by atoms with E-state index in [1.165, 1.54) is 12.1 Å². The Kier molecular flexibility index (Phi) is 7.81. The summed E-state index contributed by atoms with van der Waals surface area (Å²) < 4.78 is 62.2. The molecule has 40 heavy (non-hydrogen) atoms. The van der Waals surface area contributed by atoms with Gasteiger partial charge < -0.3 is 30.1 Å². The van der Waals surface area contributed by atoms with E-state index in [4.69, 9.17) is 4.74 Å². The minimum absolute atomic E-state index is 0.0131. The lowest BCUT2D eigenvalue weighted by molar-refractivity contribution is -0.115. The molecule has 5 rings (SSSR count). The fourth-order valence-corrected chi connectivity index (χ4v) is 4.87. The largest absolute Gasteiger partial charge is 0.417 e. The maximum Gasteiger partial charge on any atom is 0.417 e. The van der Waals surface area contributed by atoms with E-state index in [9.17, 15) is 18.0 Å². The highest BCUT2D eigenvalue weighted by Crippen LogP contribution is 2.37. The van der Waals surface area contributed by atoms with Gasteiger partial charge in [-0.25, -0.2) is 9.37 Å². The molecule has 2 fully saturated rings. The molecule has 3 aliphatic rings. The van der Waals surface area contributed by atoms with Crippen LogP contribution in [0.15, 0.2) is 66.2 Å². The van der Waals surface area contributed by atoms with E-state index in [2.05, 4.69) is 32.0 Å². The number of dihydropyridines is 1. The van der Waals surface area contributed by atoms with Gasteiger partial charge in [0.2, 0.25) is 0 Å². The lowest BCUT2D eigenvalue weighted by atomic mass is 10.0. The second-order valence-electron chi connectivity index (χ2n) is 9.88. The number of likely N-dealkylation sites (N-methyl/N-ethyl adjacent to an activating group) is 1. The number of aromatic nitrogens is 1. The van der Waals surface area contributed by atoms with Gasteiger partial charge in [-0.05, 0) is 37.4 Å². The highest BCUT2D eigenvalue weighted by Gasteiger charge is 2.40. The predicted octanol–water partition coefficient (Wildman–Crippen LogP) is 3.90. The van der Waals surface area contributed by atoms with Gasteiger partial charge in [-0.15, -0.1) is 0 Å². The predicted molar refractivity (Wildman–Crippen MR) is 145 cm³/mol. The van der Waals surface area contributed by atoms with Crippen LogP contribution in [-0.4, -0.2) is 81.5 Å². The summed E-state index contributed by atoms with van der Waals surface area (Å²) in [6.45, 7) is 8.63. The Morgan fingerprint density at radius 1 is 1.07 bits per heavy atom. The maximum atomic E-state index is 15.6. The first-order chi connectivity index (χ1) is 19.1. The molecule has 8 nitrogen and oxygen atoms in total. The molecule has 0 unspecified atom stereocenters. The SMILES string of the molecule is C=C1C=C(C(F)(F)F)C(C(=O)Nc2cc(-c3ccc(N4CCOCC4)nc3)c(F)cc2N2CCN(C)CC2)=CN1. The molecule has 4 heterocycles. The fraction of sp³-hybridized carbons (Fsp3) is 0.357. The Balaban J connectivity index is 1.49. The Morgan fingerprint density at radius 3 is 2.45 bits per heavy atom. The molecule has 3 aliphatic heterocycles. The number of morpholine rings is 1. The number of hydrogen-bond acceptors (Lipinski definition) is 7. The molecule has 212 valence electrons. The molecule has 2 aromatic rings. The normalized spacial score (nSPS) is 18.7. The molecule has 1 amide bonds. The van der Waals surface area contributed by atoms with Crippen molar-refractivity contribution in [2.75, 3.05) is 74.6 Å². The van der Waals surface area contributed by atoms with Gasteiger partial charge in [0.1, 0.15) is 11.6 Å². The monoisotopic (exact) mass is 558 g/mol. The number of carbonyl (C=O) groups is 1. The lowest BCUT2D eigenvalue weighted by Crippen LogP contribution is -2.44. The first kappa shape index (κ1) is 27.7. The smallest absolute Gasteiger partial charge is 0.378 e. The number of amides is 1. The summed E-state index contributed by atoms with van der Waals surface area (Å²) in [6, 6.07) is 6.31. The van der Waals surface area contributed by atoms with Crippen molar-refractivity contribution in [1.29, 1.82) is 0 Å². The van der Waals surface area contributed by atoms with Gasteiger partial charge in [-0.3, -0.25) is 4.79 Å². The molecule has 2 saturated heterocycles. The van der Waals surface area contributed by atoms with E-state index in [1.807, 2.05) is 11.9 Å². The first-order valence-electron chi connectivity index (χ1n) is 12.9. The third kappa shape index (κ3) is 5.97. The average Bonchev–Trinajstić information content (AvgIpc) is 2.94. The topological polar surface area (TPSA) is 73.0 Å². The van der Waals surface area contributed by atoms with E-state index < -0.39 is 29.0 Å². The maximum absolute atomic E-state index is 15.6. The number of allylic oxidation sites excluding steroid dienone is 1. The van der Waals surface area contributed by atoms with Crippen molar-refractivity contribution in [2.24, 2.45) is 0 Å². The van der Waals surface area contributed by atoms with Crippen molar-refractivity contribution in [1.82, 2.24) is 15.2 Å². The van der Waals surface area contributed by atoms with Crippen molar-refractivity contribution in [2.45, 2.75) is 6.18 Å². The first-order valence-corrected chi connectivity index (χ1v) is 12.9. The number of benzene rings is 1. The van der Waals surface area contributed by atoms with Crippen LogP contribution in [0.5, 0.6) is 0 Å². The molecule has 0 aliphatic carbocycles. The van der Waals surface area contributed by atoms with Crippen LogP contribution in [0.2, 0.25) is 0 Å². The lowest BCUT2D eigenvalue weighted by Gasteiger charge is -2.35. The minimum Gasteiger partial charge on any atom is -0.378 e. The molecule has 0 saturated carbocycles. The van der Waals surface area contributed by atoms with Crippen LogP contribution in [0.4, 0.5) is 34.8 Å². The highest BCUT2D eigenvalue weighted by molar-refractivity contribution is 6.09. The molecule has 0 bridgehead atoms. The Labute approximate surface area is 229 Å². The molecule has 1 aromatic heterocycles. The summed E-state index contributed by atoms with van der Waals surface area (Å²) in [5.74, 6) is -0.768. The van der Waals surface area contributed by atoms with Crippen LogP contribution in [0.25, 0.3) is 11.1 Å². The number of halogens is 4. The fourth-order valence-electron chi connectivity index (χ4n) is 4.87. The van der Waals surface area contributed by atoms with E-state index >= 15 is 4.39 Å². The molecular formula is C28H30F4N6O2. The standard InChI is InChI=1S/C28H30F4N6O2/c1-18-13-22(28(30,31)32)21(17-33-18)27(39)35-24-14-20(23(29)15-25(24)37-7-5-36(2)6-8-37)19-3-4-26(34-16-19)38-9-11-40-12-10-38/h3-4,13-17,33H,1,5-12H2,2H3,(H,35,39). The van der Waals surface area contributed by atoms with Crippen LogP contribution < -0.4 is 20.4 Å². The number of alkyl halides is 3. The molecule has 2 N–H and O–H groups in total. The summed E-state index contributed by atoms with van der Waals surface area (Å²) in [5.41, 5.74) is -0.446. The number of anilines is 3. The van der Waals surface area contributed by atoms with Gasteiger partial charge in [0.15, 0.2) is 0 Å². The number of carbonyl (C=O) groups excluding carboxylic acids is 1. The van der Waals surface area contributed by atoms with Gasteiger partial charge in [-0.1, -0.05) is 6.58 Å². The van der Waals surface area contributed by atoms with Gasteiger partial charge in [-0.2, -0.15) is 13.2 Å². The molecule has 12 heteroatoms. The zero-order chi connectivity index (χ0) is 28.4. The van der Waals surface area contributed by atoms with Crippen LogP contribution in [0.3, 0.4) is 0 Å². The van der Waals surface area contributed by atoms with Crippen LogP contribution in [-0.2, 0) is 9.53 Å². The Morgan fingerprint density at radius 2 is 1.80 bits per heavy atom. The Hall–Kier alpha value is -3.90. The van der Waals surface area contributed by atoms with Crippen LogP contribution >= 0.6 is 0 Å². The van der Waals surface area contributed by atoms with Crippen molar-refractivity contribution < 1.29 is 27.1 Å². The van der Waals surface area contributed by atoms with E-state index in [-0.39, 0.29) is 16.9 Å². The van der Waals surface area contributed by atoms with E-state index in [0.29, 0.717) is 63.7 Å². The third-order valence-electron chi connectivity index (χ3n) is 7.13.